The molecule has 0 aliphatic carbocycles. The van der Waals surface area contributed by atoms with Crippen LogP contribution in [0.25, 0.3) is 0 Å². The molecule has 1 saturated heterocycles. The molecule has 126 valence electrons. The predicted octanol–water partition coefficient (Wildman–Crippen LogP) is 3.13. The molecule has 4 nitrogen and oxygen atoms in total. The first kappa shape index (κ1) is 17.4. The van der Waals surface area contributed by atoms with E-state index in [2.05, 4.69) is 0 Å². The number of rotatable bonds is 2. The third-order valence-corrected chi connectivity index (χ3v) is 4.12. The Morgan fingerprint density at radius 2 is 1.96 bits per heavy atom. The van der Waals surface area contributed by atoms with Crippen LogP contribution in [0.5, 0.6) is 0 Å². The number of carbonyl (C=O) groups excluding carboxylic acids is 2. The zero-order valence-corrected chi connectivity index (χ0v) is 14.5. The average molecular weight is 320 g/mol. The van der Waals surface area contributed by atoms with E-state index in [0.29, 0.717) is 30.8 Å². The van der Waals surface area contributed by atoms with Gasteiger partial charge in [0, 0.05) is 25.2 Å². The van der Waals surface area contributed by atoms with Crippen molar-refractivity contribution in [3.8, 4) is 0 Å². The summed E-state index contributed by atoms with van der Waals surface area (Å²) in [4.78, 5) is 28.2. The molecule has 0 saturated carbocycles. The van der Waals surface area contributed by atoms with Crippen molar-refractivity contribution in [3.63, 3.8) is 0 Å². The number of benzene rings is 1. The number of hydrogen-bond donors (Lipinski definition) is 0. The van der Waals surface area contributed by atoms with Crippen molar-refractivity contribution in [2.24, 2.45) is 5.41 Å². The van der Waals surface area contributed by atoms with Gasteiger partial charge in [-0.1, -0.05) is 26.8 Å². The van der Waals surface area contributed by atoms with Gasteiger partial charge in [0.05, 0.1) is 0 Å². The monoisotopic (exact) mass is 320 g/mol. The van der Waals surface area contributed by atoms with Gasteiger partial charge >= 0.3 is 0 Å². The molecule has 5 heteroatoms. The summed E-state index contributed by atoms with van der Waals surface area (Å²) in [5.41, 5.74) is 0.984. The van der Waals surface area contributed by atoms with Gasteiger partial charge < -0.3 is 9.80 Å². The molecule has 2 amide bonds. The number of piperazine rings is 1. The summed E-state index contributed by atoms with van der Waals surface area (Å²) in [6, 6.07) is 4.27. The van der Waals surface area contributed by atoms with Crippen LogP contribution >= 0.6 is 0 Å². The molecule has 1 fully saturated rings. The number of hydrogen-bond acceptors (Lipinski definition) is 2. The van der Waals surface area contributed by atoms with Gasteiger partial charge in [-0.15, -0.1) is 0 Å². The summed E-state index contributed by atoms with van der Waals surface area (Å²) < 4.78 is 13.7. The van der Waals surface area contributed by atoms with Crippen LogP contribution in [0.4, 0.5) is 10.1 Å². The minimum Gasteiger partial charge on any atom is -0.329 e. The first-order valence-electron chi connectivity index (χ1n) is 7.97. The number of carbonyl (C=O) groups is 2. The van der Waals surface area contributed by atoms with Crippen LogP contribution in [0.15, 0.2) is 18.2 Å². The van der Waals surface area contributed by atoms with E-state index < -0.39 is 6.04 Å². The fraction of sp³-hybridized carbons (Fsp3) is 0.556. The van der Waals surface area contributed by atoms with E-state index in [1.54, 1.807) is 35.8 Å². The zero-order chi connectivity index (χ0) is 17.4. The minimum absolute atomic E-state index is 0.00640. The van der Waals surface area contributed by atoms with Crippen LogP contribution < -0.4 is 4.90 Å². The first-order chi connectivity index (χ1) is 10.6. The fourth-order valence-corrected chi connectivity index (χ4v) is 2.77. The SMILES string of the molecule is Cc1ccc(N2CCN(C(=O)CC(C)(C)C)[C@@H](C)C2=O)cc1F. The van der Waals surface area contributed by atoms with Gasteiger partial charge in [0.2, 0.25) is 11.8 Å². The summed E-state index contributed by atoms with van der Waals surface area (Å²) in [6.07, 6.45) is 0.407. The average Bonchev–Trinajstić information content (AvgIpc) is 2.43. The zero-order valence-electron chi connectivity index (χ0n) is 14.5. The van der Waals surface area contributed by atoms with Crippen molar-refractivity contribution >= 4 is 17.5 Å². The second kappa shape index (κ2) is 6.30. The molecule has 1 atom stereocenters. The van der Waals surface area contributed by atoms with Crippen LogP contribution in [0.3, 0.4) is 0 Å². The summed E-state index contributed by atoms with van der Waals surface area (Å²) in [6.45, 7) is 10.3. The van der Waals surface area contributed by atoms with Gasteiger partial charge in [0.25, 0.3) is 0 Å². The van der Waals surface area contributed by atoms with Gasteiger partial charge in [0.15, 0.2) is 0 Å². The lowest BCUT2D eigenvalue weighted by Crippen LogP contribution is -2.58. The summed E-state index contributed by atoms with van der Waals surface area (Å²) >= 11 is 0. The Morgan fingerprint density at radius 1 is 1.30 bits per heavy atom. The maximum Gasteiger partial charge on any atom is 0.249 e. The van der Waals surface area contributed by atoms with Crippen molar-refractivity contribution in [3.05, 3.63) is 29.6 Å². The van der Waals surface area contributed by atoms with E-state index in [-0.39, 0.29) is 23.0 Å². The predicted molar refractivity (Wildman–Crippen MR) is 88.7 cm³/mol. The molecule has 0 bridgehead atoms. The fourth-order valence-electron chi connectivity index (χ4n) is 2.77. The van der Waals surface area contributed by atoms with E-state index in [4.69, 9.17) is 0 Å². The van der Waals surface area contributed by atoms with Crippen LogP contribution in [0.1, 0.15) is 39.7 Å². The van der Waals surface area contributed by atoms with Crippen LogP contribution in [0.2, 0.25) is 0 Å². The molecule has 0 unspecified atom stereocenters. The third-order valence-electron chi connectivity index (χ3n) is 4.12. The largest absolute Gasteiger partial charge is 0.329 e. The highest BCUT2D eigenvalue weighted by Gasteiger charge is 2.36. The smallest absolute Gasteiger partial charge is 0.249 e. The molecule has 1 aliphatic heterocycles. The van der Waals surface area contributed by atoms with Crippen LogP contribution in [-0.4, -0.2) is 35.8 Å². The Morgan fingerprint density at radius 3 is 2.52 bits per heavy atom. The highest BCUT2D eigenvalue weighted by atomic mass is 19.1. The standard InChI is InChI=1S/C18H25FN2O2/c1-12-6-7-14(10-15(12)19)21-9-8-20(13(2)17(21)23)16(22)11-18(3,4)5/h6-7,10,13H,8-9,11H2,1-5H3/t13-/m0/s1. The van der Waals surface area contributed by atoms with Gasteiger partial charge in [-0.25, -0.2) is 4.39 Å². The molecule has 23 heavy (non-hydrogen) atoms. The van der Waals surface area contributed by atoms with Gasteiger partial charge in [-0.2, -0.15) is 0 Å². The Balaban J connectivity index is 2.15. The molecule has 1 aliphatic rings. The molecule has 0 radical (unpaired) electrons. The Labute approximate surface area is 137 Å². The van der Waals surface area contributed by atoms with Gasteiger partial charge in [0.1, 0.15) is 11.9 Å². The molecule has 0 N–H and O–H groups in total. The lowest BCUT2D eigenvalue weighted by atomic mass is 9.91. The molecule has 1 aromatic carbocycles. The molecule has 2 rings (SSSR count). The molecule has 0 aromatic heterocycles. The second-order valence-corrected chi connectivity index (χ2v) is 7.42. The van der Waals surface area contributed by atoms with E-state index in [9.17, 15) is 14.0 Å². The Bertz CT molecular complexity index is 622. The topological polar surface area (TPSA) is 40.6 Å². The quantitative estimate of drug-likeness (QED) is 0.840. The van der Waals surface area contributed by atoms with Crippen molar-refractivity contribution in [2.75, 3.05) is 18.0 Å². The highest BCUT2D eigenvalue weighted by Crippen LogP contribution is 2.25. The van der Waals surface area contributed by atoms with Crippen molar-refractivity contribution in [1.29, 1.82) is 0 Å². The molecule has 0 spiro atoms. The molecule has 1 aromatic rings. The molecular formula is C18H25FN2O2. The van der Waals surface area contributed by atoms with Crippen molar-refractivity contribution in [2.45, 2.75) is 47.1 Å². The molecule has 1 heterocycles. The number of amides is 2. The number of aryl methyl sites for hydroxylation is 1. The van der Waals surface area contributed by atoms with Gasteiger partial charge in [-0.3, -0.25) is 9.59 Å². The Kier molecular flexibility index (Phi) is 4.78. The highest BCUT2D eigenvalue weighted by molar-refractivity contribution is 6.00. The molecular weight excluding hydrogens is 295 g/mol. The van der Waals surface area contributed by atoms with Gasteiger partial charge in [-0.05, 0) is 37.0 Å². The van der Waals surface area contributed by atoms with E-state index >= 15 is 0 Å². The lowest BCUT2D eigenvalue weighted by Gasteiger charge is -2.40. The minimum atomic E-state index is -0.525. The normalized spacial score (nSPS) is 19.2. The van der Waals surface area contributed by atoms with Crippen molar-refractivity contribution < 1.29 is 14.0 Å². The first-order valence-corrected chi connectivity index (χ1v) is 7.97. The van der Waals surface area contributed by atoms with E-state index in [1.807, 2.05) is 20.8 Å². The number of nitrogens with zero attached hydrogens (tertiary/aromatic N) is 2. The number of anilines is 1. The van der Waals surface area contributed by atoms with Crippen molar-refractivity contribution in [1.82, 2.24) is 4.90 Å². The maximum atomic E-state index is 13.7. The maximum absolute atomic E-state index is 13.7. The second-order valence-electron chi connectivity index (χ2n) is 7.42. The van der Waals surface area contributed by atoms with Crippen LogP contribution in [0, 0.1) is 18.2 Å². The summed E-state index contributed by atoms with van der Waals surface area (Å²) in [5, 5.41) is 0. The lowest BCUT2D eigenvalue weighted by molar-refractivity contribution is -0.142. The van der Waals surface area contributed by atoms with E-state index in [1.165, 1.54) is 6.07 Å². The summed E-state index contributed by atoms with van der Waals surface area (Å²) in [7, 11) is 0. The third kappa shape index (κ3) is 3.89. The summed E-state index contributed by atoms with van der Waals surface area (Å²) in [5.74, 6) is -0.496. The van der Waals surface area contributed by atoms with E-state index in [0.717, 1.165) is 0 Å². The Hall–Kier alpha value is -1.91. The van der Waals surface area contributed by atoms with Crippen LogP contribution in [-0.2, 0) is 9.59 Å². The number of halogens is 1.